The van der Waals surface area contributed by atoms with Crippen LogP contribution in [0.3, 0.4) is 0 Å². The number of nitrogens with zero attached hydrogens (tertiary/aromatic N) is 1. The number of hydrogen-bond donors (Lipinski definition) is 8. The Hall–Kier alpha value is -2.85. The van der Waals surface area contributed by atoms with Crippen LogP contribution in [-0.2, 0) is 28.7 Å². The molecule has 2 fully saturated rings. The van der Waals surface area contributed by atoms with Gasteiger partial charge < -0.3 is 53.4 Å². The van der Waals surface area contributed by atoms with Gasteiger partial charge in [0, 0.05) is 57.3 Å². The molecule has 0 spiro atoms. The van der Waals surface area contributed by atoms with Crippen LogP contribution in [0.2, 0.25) is 0 Å². The van der Waals surface area contributed by atoms with Crippen LogP contribution < -0.4 is 43.8 Å². The Labute approximate surface area is 324 Å². The normalized spacial score (nSPS) is 29.9. The smallest absolute Gasteiger partial charge is 0.244 e. The zero-order valence-corrected chi connectivity index (χ0v) is 34.3. The molecular weight excluding hydrogens is 690 g/mol. The first-order valence-electron chi connectivity index (χ1n) is 20.6. The zero-order valence-electron chi connectivity index (χ0n) is 34.3. The van der Waals surface area contributed by atoms with E-state index in [-0.39, 0.29) is 74.4 Å². The van der Waals surface area contributed by atoms with Gasteiger partial charge in [-0.3, -0.25) is 24.0 Å². The average Bonchev–Trinajstić information content (AvgIpc) is 3.15. The van der Waals surface area contributed by atoms with Gasteiger partial charge in [-0.1, -0.05) is 72.6 Å². The Kier molecular flexibility index (Phi) is 21.6. The standard InChI is InChI=1S/C39H75N9O6/c1-8-9-10-14-17-33-26(5)39(53)48(7)29(18-24(2)3)19-34(49)47-35(28-15-12-11-13-16-28)27(6)45-31(21-41)37(51)46-32(22-43-36(50)30(42)20-40)38(52)44-25(4)23-54-33/h24-33,35,45H,8-23,40-42H2,1-7H3,(H,43,50)(H,44,52)(H,46,51)(H,47,49)/t25-,26-,27?,29+,30+,31+,32+,33-,35-/m1/s1. The van der Waals surface area contributed by atoms with E-state index in [1.807, 2.05) is 13.8 Å². The second-order valence-corrected chi connectivity index (χ2v) is 16.2. The number of rotatable bonds is 13. The van der Waals surface area contributed by atoms with Gasteiger partial charge in [0.25, 0.3) is 0 Å². The number of nitrogens with one attached hydrogen (secondary N) is 5. The van der Waals surface area contributed by atoms with Crippen molar-refractivity contribution in [2.45, 2.75) is 167 Å². The molecule has 2 aliphatic rings. The van der Waals surface area contributed by atoms with Crippen LogP contribution >= 0.6 is 0 Å². The molecule has 0 radical (unpaired) electrons. The van der Waals surface area contributed by atoms with Crippen LogP contribution in [0.5, 0.6) is 0 Å². The summed E-state index contributed by atoms with van der Waals surface area (Å²) in [5, 5.41) is 15.0. The monoisotopic (exact) mass is 766 g/mol. The lowest BCUT2D eigenvalue weighted by Crippen LogP contribution is -2.63. The minimum atomic E-state index is -1.17. The lowest BCUT2D eigenvalue weighted by atomic mass is 9.81. The summed E-state index contributed by atoms with van der Waals surface area (Å²) in [5.74, 6) is -1.91. The number of ether oxygens (including phenoxy) is 1. The highest BCUT2D eigenvalue weighted by atomic mass is 16.5. The zero-order chi connectivity index (χ0) is 40.4. The molecule has 0 bridgehead atoms. The molecule has 0 aromatic heterocycles. The number of nitrogens with two attached hydrogens (primary N) is 3. The molecule has 1 saturated carbocycles. The molecule has 54 heavy (non-hydrogen) atoms. The quantitative estimate of drug-likeness (QED) is 0.124. The number of carbonyl (C=O) groups excluding carboxylic acids is 5. The minimum Gasteiger partial charge on any atom is -0.375 e. The Morgan fingerprint density at radius 3 is 2.22 bits per heavy atom. The molecule has 15 nitrogen and oxygen atoms in total. The minimum absolute atomic E-state index is 0.0777. The molecular formula is C39H75N9O6. The van der Waals surface area contributed by atoms with Crippen molar-refractivity contribution in [1.29, 1.82) is 0 Å². The van der Waals surface area contributed by atoms with Crippen LogP contribution in [0.25, 0.3) is 0 Å². The molecule has 0 aromatic rings. The van der Waals surface area contributed by atoms with Gasteiger partial charge in [-0.25, -0.2) is 0 Å². The highest BCUT2D eigenvalue weighted by Gasteiger charge is 2.36. The number of hydrogen-bond acceptors (Lipinski definition) is 10. The maximum Gasteiger partial charge on any atom is 0.244 e. The van der Waals surface area contributed by atoms with Crippen molar-refractivity contribution >= 4 is 29.5 Å². The van der Waals surface area contributed by atoms with Gasteiger partial charge in [0.1, 0.15) is 6.04 Å². The highest BCUT2D eigenvalue weighted by Crippen LogP contribution is 2.29. The summed E-state index contributed by atoms with van der Waals surface area (Å²) >= 11 is 0. The average molecular weight is 766 g/mol. The van der Waals surface area contributed by atoms with E-state index in [0.717, 1.165) is 57.8 Å². The Morgan fingerprint density at radius 1 is 0.944 bits per heavy atom. The second-order valence-electron chi connectivity index (χ2n) is 16.2. The molecule has 0 aromatic carbocycles. The fraction of sp³-hybridized carbons (Fsp3) is 0.872. The van der Waals surface area contributed by atoms with E-state index >= 15 is 0 Å². The van der Waals surface area contributed by atoms with Crippen molar-refractivity contribution in [1.82, 2.24) is 31.5 Å². The van der Waals surface area contributed by atoms with E-state index in [2.05, 4.69) is 47.4 Å². The third-order valence-electron chi connectivity index (χ3n) is 11.0. The fourth-order valence-corrected chi connectivity index (χ4v) is 7.68. The molecule has 1 saturated heterocycles. The van der Waals surface area contributed by atoms with Gasteiger partial charge in [-0.05, 0) is 51.4 Å². The summed E-state index contributed by atoms with van der Waals surface area (Å²) < 4.78 is 6.41. The largest absolute Gasteiger partial charge is 0.375 e. The summed E-state index contributed by atoms with van der Waals surface area (Å²) in [6.45, 7) is 11.6. The Bertz CT molecular complexity index is 1170. The molecule has 9 atom stereocenters. The van der Waals surface area contributed by atoms with Crippen molar-refractivity contribution in [3.05, 3.63) is 0 Å². The predicted molar refractivity (Wildman–Crippen MR) is 212 cm³/mol. The topological polar surface area (TPSA) is 236 Å². The third kappa shape index (κ3) is 15.7. The van der Waals surface area contributed by atoms with E-state index < -0.39 is 53.9 Å². The Balaban J connectivity index is 2.53. The van der Waals surface area contributed by atoms with Crippen molar-refractivity contribution in [2.75, 3.05) is 33.3 Å². The molecule has 5 amide bonds. The van der Waals surface area contributed by atoms with E-state index in [4.69, 9.17) is 21.9 Å². The summed E-state index contributed by atoms with van der Waals surface area (Å²) in [4.78, 5) is 69.9. The molecule has 15 heteroatoms. The van der Waals surface area contributed by atoms with E-state index in [0.29, 0.717) is 12.8 Å². The molecule has 1 unspecified atom stereocenters. The summed E-state index contributed by atoms with van der Waals surface area (Å²) in [6, 6.07) is -4.53. The van der Waals surface area contributed by atoms with E-state index in [1.165, 1.54) is 0 Å². The van der Waals surface area contributed by atoms with E-state index in [9.17, 15) is 24.0 Å². The molecule has 11 N–H and O–H groups in total. The Morgan fingerprint density at radius 2 is 1.61 bits per heavy atom. The maximum atomic E-state index is 14.2. The summed E-state index contributed by atoms with van der Waals surface area (Å²) in [6.07, 6.45) is 10.2. The first kappa shape index (κ1) is 47.3. The predicted octanol–water partition coefficient (Wildman–Crippen LogP) is 1.02. The van der Waals surface area contributed by atoms with Crippen LogP contribution in [0.4, 0.5) is 0 Å². The number of unbranched alkanes of at least 4 members (excludes halogenated alkanes) is 3. The fourth-order valence-electron chi connectivity index (χ4n) is 7.68. The van der Waals surface area contributed by atoms with E-state index in [1.54, 1.807) is 18.9 Å². The van der Waals surface area contributed by atoms with Crippen molar-refractivity contribution in [3.8, 4) is 0 Å². The van der Waals surface area contributed by atoms with Gasteiger partial charge in [-0.15, -0.1) is 0 Å². The van der Waals surface area contributed by atoms with Crippen LogP contribution in [0.15, 0.2) is 0 Å². The number of amides is 5. The third-order valence-corrected chi connectivity index (χ3v) is 11.0. The summed E-state index contributed by atoms with van der Waals surface area (Å²) in [5.41, 5.74) is 17.5. The van der Waals surface area contributed by atoms with Crippen molar-refractivity contribution in [2.24, 2.45) is 35.0 Å². The van der Waals surface area contributed by atoms with Gasteiger partial charge >= 0.3 is 0 Å². The molecule has 312 valence electrons. The van der Waals surface area contributed by atoms with Crippen molar-refractivity contribution < 1.29 is 28.7 Å². The first-order valence-corrected chi connectivity index (χ1v) is 20.6. The molecule has 1 heterocycles. The van der Waals surface area contributed by atoms with Gasteiger partial charge in [0.15, 0.2) is 0 Å². The molecule has 2 rings (SSSR count). The van der Waals surface area contributed by atoms with Gasteiger partial charge in [0.2, 0.25) is 29.5 Å². The maximum absolute atomic E-state index is 14.2. The number of carbonyl (C=O) groups is 5. The molecule has 1 aliphatic heterocycles. The highest BCUT2D eigenvalue weighted by molar-refractivity contribution is 5.91. The lowest BCUT2D eigenvalue weighted by molar-refractivity contribution is -0.143. The molecule has 1 aliphatic carbocycles. The van der Waals surface area contributed by atoms with Crippen LogP contribution in [-0.4, -0.2) is 116 Å². The lowest BCUT2D eigenvalue weighted by Gasteiger charge is -2.38. The SMILES string of the molecule is CCCCCC[C@H]1OC[C@@H](C)NC(=O)[C@H](CNC(=O)[C@@H](N)CN)NC(=O)[C@H](CN)NC(C)[C@H](C2CCCCC2)NC(=O)C[C@H](CC(C)C)N(C)C(=O)[C@@H]1C. The van der Waals surface area contributed by atoms with Gasteiger partial charge in [-0.2, -0.15) is 0 Å². The van der Waals surface area contributed by atoms with Crippen LogP contribution in [0, 0.1) is 17.8 Å². The van der Waals surface area contributed by atoms with Crippen molar-refractivity contribution in [3.63, 3.8) is 0 Å². The second kappa shape index (κ2) is 24.6. The van der Waals surface area contributed by atoms with Gasteiger partial charge in [0.05, 0.1) is 30.7 Å². The first-order chi connectivity index (χ1) is 25.6. The summed E-state index contributed by atoms with van der Waals surface area (Å²) in [7, 11) is 1.79. The van der Waals surface area contributed by atoms with Crippen LogP contribution in [0.1, 0.15) is 119 Å².